The van der Waals surface area contributed by atoms with E-state index in [4.69, 9.17) is 16.3 Å². The molecule has 0 saturated carbocycles. The van der Waals surface area contributed by atoms with Crippen molar-refractivity contribution in [3.05, 3.63) is 64.7 Å². The van der Waals surface area contributed by atoms with Crippen LogP contribution >= 0.6 is 11.6 Å². The molecule has 0 atom stereocenters. The maximum atomic E-state index is 9.42. The third-order valence-electron chi connectivity index (χ3n) is 3.23. The highest BCUT2D eigenvalue weighted by molar-refractivity contribution is 6.30. The smallest absolute Gasteiger partial charge is 0.126 e. The second-order valence-electron chi connectivity index (χ2n) is 4.92. The minimum Gasteiger partial charge on any atom is -0.493 e. The molecule has 0 aliphatic heterocycles. The molecule has 0 radical (unpaired) electrons. The van der Waals surface area contributed by atoms with Crippen LogP contribution in [0.15, 0.2) is 48.5 Å². The van der Waals surface area contributed by atoms with E-state index in [1.807, 2.05) is 48.5 Å². The summed E-state index contributed by atoms with van der Waals surface area (Å²) in [5.41, 5.74) is 2.29. The number of halogens is 1. The Bertz CT molecular complexity index is 686. The lowest BCUT2D eigenvalue weighted by Gasteiger charge is -2.10. The molecular formula is C19H18ClNO. The zero-order chi connectivity index (χ0) is 15.8. The standard InChI is InChI=1S/C19H18ClNO/c1-2-3-11-22-19-10-9-18(20)13-16(19)12-17(14-21)15-7-5-4-6-8-15/h4-10,12-13H,2-3,11H2,1H3/b17-12+. The van der Waals surface area contributed by atoms with Crippen LogP contribution < -0.4 is 4.74 Å². The summed E-state index contributed by atoms with van der Waals surface area (Å²) in [6, 6.07) is 17.3. The van der Waals surface area contributed by atoms with Crippen molar-refractivity contribution in [1.82, 2.24) is 0 Å². The Morgan fingerprint density at radius 1 is 1.23 bits per heavy atom. The first-order valence-electron chi connectivity index (χ1n) is 7.34. The van der Waals surface area contributed by atoms with Crippen molar-refractivity contribution in [1.29, 1.82) is 5.26 Å². The summed E-state index contributed by atoms with van der Waals surface area (Å²) in [7, 11) is 0. The van der Waals surface area contributed by atoms with Gasteiger partial charge in [-0.1, -0.05) is 55.3 Å². The second kappa shape index (κ2) is 8.26. The highest BCUT2D eigenvalue weighted by Gasteiger charge is 2.06. The van der Waals surface area contributed by atoms with Crippen molar-refractivity contribution in [3.8, 4) is 11.8 Å². The lowest BCUT2D eigenvalue weighted by atomic mass is 10.0. The molecule has 112 valence electrons. The first-order chi connectivity index (χ1) is 10.7. The lowest BCUT2D eigenvalue weighted by Crippen LogP contribution is -1.98. The third-order valence-corrected chi connectivity index (χ3v) is 3.47. The average molecular weight is 312 g/mol. The molecule has 22 heavy (non-hydrogen) atoms. The van der Waals surface area contributed by atoms with E-state index >= 15 is 0 Å². The van der Waals surface area contributed by atoms with Crippen LogP contribution in [0.5, 0.6) is 5.75 Å². The molecule has 0 bridgehead atoms. The van der Waals surface area contributed by atoms with Crippen LogP contribution in [0.3, 0.4) is 0 Å². The molecule has 0 aliphatic carbocycles. The number of allylic oxidation sites excluding steroid dienone is 1. The van der Waals surface area contributed by atoms with Gasteiger partial charge in [-0.2, -0.15) is 5.26 Å². The Labute approximate surface area is 136 Å². The van der Waals surface area contributed by atoms with E-state index in [1.54, 1.807) is 6.07 Å². The summed E-state index contributed by atoms with van der Waals surface area (Å²) >= 11 is 6.08. The van der Waals surface area contributed by atoms with Gasteiger partial charge in [-0.3, -0.25) is 0 Å². The summed E-state index contributed by atoms with van der Waals surface area (Å²) in [6.07, 6.45) is 3.89. The number of nitriles is 1. The fourth-order valence-corrected chi connectivity index (χ4v) is 2.22. The van der Waals surface area contributed by atoms with Crippen molar-refractivity contribution in [2.24, 2.45) is 0 Å². The molecule has 0 aromatic heterocycles. The van der Waals surface area contributed by atoms with Gasteiger partial charge in [0, 0.05) is 10.6 Å². The van der Waals surface area contributed by atoms with Crippen LogP contribution in [0.25, 0.3) is 11.6 Å². The Balaban J connectivity index is 2.35. The number of benzene rings is 2. The van der Waals surface area contributed by atoms with Gasteiger partial charge in [0.25, 0.3) is 0 Å². The molecular weight excluding hydrogens is 294 g/mol. The molecule has 2 nitrogen and oxygen atoms in total. The van der Waals surface area contributed by atoms with Gasteiger partial charge in [0.1, 0.15) is 5.75 Å². The second-order valence-corrected chi connectivity index (χ2v) is 5.36. The van der Waals surface area contributed by atoms with Gasteiger partial charge in [-0.05, 0) is 36.3 Å². The van der Waals surface area contributed by atoms with Gasteiger partial charge in [0.15, 0.2) is 0 Å². The monoisotopic (exact) mass is 311 g/mol. The first kappa shape index (κ1) is 16.1. The molecule has 0 aliphatic rings. The predicted molar refractivity (Wildman–Crippen MR) is 91.8 cm³/mol. The molecule has 2 aromatic carbocycles. The number of nitrogens with zero attached hydrogens (tertiary/aromatic N) is 1. The lowest BCUT2D eigenvalue weighted by molar-refractivity contribution is 0.309. The minimum absolute atomic E-state index is 0.586. The highest BCUT2D eigenvalue weighted by atomic mass is 35.5. The molecule has 0 heterocycles. The number of ether oxygens (including phenoxy) is 1. The zero-order valence-corrected chi connectivity index (χ0v) is 13.3. The first-order valence-corrected chi connectivity index (χ1v) is 7.72. The number of rotatable bonds is 6. The molecule has 0 fully saturated rings. The van der Waals surface area contributed by atoms with Gasteiger partial charge in [0.05, 0.1) is 18.2 Å². The fourth-order valence-electron chi connectivity index (χ4n) is 2.04. The van der Waals surface area contributed by atoms with Crippen LogP contribution in [-0.4, -0.2) is 6.61 Å². The SMILES string of the molecule is CCCCOc1ccc(Cl)cc1/C=C(\C#N)c1ccccc1. The third kappa shape index (κ3) is 4.38. The Kier molecular flexibility index (Phi) is 6.06. The van der Waals surface area contributed by atoms with Gasteiger partial charge in [0.2, 0.25) is 0 Å². The molecule has 2 rings (SSSR count). The number of hydrogen-bond donors (Lipinski definition) is 0. The molecule has 0 unspecified atom stereocenters. The van der Waals surface area contributed by atoms with Gasteiger partial charge >= 0.3 is 0 Å². The Morgan fingerprint density at radius 2 is 2.00 bits per heavy atom. The van der Waals surface area contributed by atoms with Crippen molar-refractivity contribution in [2.45, 2.75) is 19.8 Å². The summed E-state index contributed by atoms with van der Waals surface area (Å²) in [5, 5.41) is 10.0. The van der Waals surface area contributed by atoms with Crippen LogP contribution in [-0.2, 0) is 0 Å². The topological polar surface area (TPSA) is 33.0 Å². The van der Waals surface area contributed by atoms with Crippen LogP contribution in [0.2, 0.25) is 5.02 Å². The van der Waals surface area contributed by atoms with E-state index in [0.717, 1.165) is 29.7 Å². The predicted octanol–water partition coefficient (Wildman–Crippen LogP) is 5.58. The molecule has 3 heteroatoms. The summed E-state index contributed by atoms with van der Waals surface area (Å²) < 4.78 is 5.80. The quantitative estimate of drug-likeness (QED) is 0.396. The summed E-state index contributed by atoms with van der Waals surface area (Å²) in [6.45, 7) is 2.78. The molecule has 0 N–H and O–H groups in total. The van der Waals surface area contributed by atoms with Crippen LogP contribution in [0.1, 0.15) is 30.9 Å². The number of hydrogen-bond acceptors (Lipinski definition) is 2. The fraction of sp³-hybridized carbons (Fsp3) is 0.211. The largest absolute Gasteiger partial charge is 0.493 e. The normalized spacial score (nSPS) is 11.0. The van der Waals surface area contributed by atoms with Gasteiger partial charge in [-0.25, -0.2) is 0 Å². The van der Waals surface area contributed by atoms with E-state index in [2.05, 4.69) is 13.0 Å². The minimum atomic E-state index is 0.586. The zero-order valence-electron chi connectivity index (χ0n) is 12.6. The van der Waals surface area contributed by atoms with Gasteiger partial charge in [-0.15, -0.1) is 0 Å². The van der Waals surface area contributed by atoms with Crippen LogP contribution in [0.4, 0.5) is 0 Å². The van der Waals surface area contributed by atoms with Crippen molar-refractivity contribution < 1.29 is 4.74 Å². The maximum absolute atomic E-state index is 9.42. The van der Waals surface area contributed by atoms with E-state index in [0.29, 0.717) is 17.2 Å². The van der Waals surface area contributed by atoms with E-state index in [-0.39, 0.29) is 0 Å². The van der Waals surface area contributed by atoms with Gasteiger partial charge < -0.3 is 4.74 Å². The summed E-state index contributed by atoms with van der Waals surface area (Å²) in [5.74, 6) is 0.751. The van der Waals surface area contributed by atoms with E-state index < -0.39 is 0 Å². The Morgan fingerprint density at radius 3 is 2.68 bits per heavy atom. The summed E-state index contributed by atoms with van der Waals surface area (Å²) in [4.78, 5) is 0. The van der Waals surface area contributed by atoms with Crippen molar-refractivity contribution >= 4 is 23.3 Å². The maximum Gasteiger partial charge on any atom is 0.126 e. The van der Waals surface area contributed by atoms with E-state index in [9.17, 15) is 5.26 Å². The van der Waals surface area contributed by atoms with E-state index in [1.165, 1.54) is 0 Å². The molecule has 0 amide bonds. The van der Waals surface area contributed by atoms with Crippen LogP contribution in [0, 0.1) is 11.3 Å². The molecule has 0 saturated heterocycles. The molecule has 0 spiro atoms. The average Bonchev–Trinajstić information content (AvgIpc) is 2.55. The van der Waals surface area contributed by atoms with Crippen molar-refractivity contribution in [2.75, 3.05) is 6.61 Å². The molecule has 2 aromatic rings. The Hall–Kier alpha value is -2.24. The number of unbranched alkanes of at least 4 members (excludes halogenated alkanes) is 1. The van der Waals surface area contributed by atoms with Crippen molar-refractivity contribution in [3.63, 3.8) is 0 Å². The highest BCUT2D eigenvalue weighted by Crippen LogP contribution is 2.27.